The van der Waals surface area contributed by atoms with E-state index in [9.17, 15) is 19.8 Å². The molecule has 0 radical (unpaired) electrons. The van der Waals surface area contributed by atoms with Gasteiger partial charge in [0.2, 0.25) is 0 Å². The minimum atomic E-state index is -0.326. The summed E-state index contributed by atoms with van der Waals surface area (Å²) in [6.45, 7) is 8.75. The van der Waals surface area contributed by atoms with Gasteiger partial charge in [-0.15, -0.1) is 0 Å². The van der Waals surface area contributed by atoms with E-state index in [4.69, 9.17) is 0 Å². The van der Waals surface area contributed by atoms with Gasteiger partial charge in [-0.25, -0.2) is 0 Å². The molecule has 1 saturated carbocycles. The van der Waals surface area contributed by atoms with Gasteiger partial charge in [-0.05, 0) is 60.8 Å². The zero-order valence-electron chi connectivity index (χ0n) is 20.8. The predicted octanol–water partition coefficient (Wildman–Crippen LogP) is 5.74. The Labute approximate surface area is 202 Å². The second kappa shape index (κ2) is 11.0. The molecule has 3 rings (SSSR count). The van der Waals surface area contributed by atoms with Gasteiger partial charge in [0.25, 0.3) is 5.91 Å². The van der Waals surface area contributed by atoms with Gasteiger partial charge in [-0.2, -0.15) is 0 Å². The molecular formula is C28H38N2O4. The lowest BCUT2D eigenvalue weighted by atomic mass is 9.61. The third-order valence-corrected chi connectivity index (χ3v) is 7.66. The van der Waals surface area contributed by atoms with Crippen LogP contribution in [0.4, 0.5) is 0 Å². The first-order valence-corrected chi connectivity index (χ1v) is 12.4. The highest BCUT2D eigenvalue weighted by Crippen LogP contribution is 2.46. The molecule has 1 aromatic heterocycles. The van der Waals surface area contributed by atoms with Gasteiger partial charge in [-0.3, -0.25) is 14.6 Å². The zero-order chi connectivity index (χ0) is 24.9. The number of amides is 1. The molecule has 0 saturated heterocycles. The van der Waals surface area contributed by atoms with Crippen molar-refractivity contribution in [2.75, 3.05) is 0 Å². The SMILES string of the molecule is CCCCCC(C)(C)[C@@H]1C[C@@H](NC(=O)c2ccncc2)[C@@H](C)[C@H](C(=O)c2cc(O)cc(O)c2)C1. The molecular weight excluding hydrogens is 428 g/mol. The van der Waals surface area contributed by atoms with E-state index in [0.29, 0.717) is 11.1 Å². The summed E-state index contributed by atoms with van der Waals surface area (Å²) in [6.07, 6.45) is 9.27. The lowest BCUT2D eigenvalue weighted by Crippen LogP contribution is -2.50. The van der Waals surface area contributed by atoms with Crippen LogP contribution in [0, 0.1) is 23.2 Å². The molecule has 0 spiro atoms. The zero-order valence-corrected chi connectivity index (χ0v) is 20.8. The molecule has 1 aromatic carbocycles. The molecule has 0 aliphatic heterocycles. The van der Waals surface area contributed by atoms with Gasteiger partial charge in [0.1, 0.15) is 11.5 Å². The maximum atomic E-state index is 13.6. The van der Waals surface area contributed by atoms with E-state index in [2.05, 4.69) is 31.1 Å². The largest absolute Gasteiger partial charge is 0.508 e. The van der Waals surface area contributed by atoms with Crippen molar-refractivity contribution in [3.8, 4) is 11.5 Å². The fraction of sp³-hybridized carbons (Fsp3) is 0.536. The number of pyridine rings is 1. The average Bonchev–Trinajstić information content (AvgIpc) is 2.79. The number of hydrogen-bond donors (Lipinski definition) is 3. The summed E-state index contributed by atoms with van der Waals surface area (Å²) in [5.41, 5.74) is 0.874. The minimum absolute atomic E-state index is 0.0223. The Kier molecular flexibility index (Phi) is 8.34. The molecule has 1 amide bonds. The van der Waals surface area contributed by atoms with E-state index >= 15 is 0 Å². The van der Waals surface area contributed by atoms with Crippen LogP contribution in [0.1, 0.15) is 86.9 Å². The average molecular weight is 467 g/mol. The molecule has 34 heavy (non-hydrogen) atoms. The summed E-state index contributed by atoms with van der Waals surface area (Å²) >= 11 is 0. The third kappa shape index (κ3) is 6.16. The summed E-state index contributed by atoms with van der Waals surface area (Å²) in [6, 6.07) is 7.26. The van der Waals surface area contributed by atoms with Crippen LogP contribution in [0.2, 0.25) is 0 Å². The van der Waals surface area contributed by atoms with Crippen molar-refractivity contribution in [3.63, 3.8) is 0 Å². The van der Waals surface area contributed by atoms with Crippen molar-refractivity contribution in [2.45, 2.75) is 72.3 Å². The van der Waals surface area contributed by atoms with Crippen LogP contribution in [-0.2, 0) is 0 Å². The highest BCUT2D eigenvalue weighted by Gasteiger charge is 2.44. The number of carbonyl (C=O) groups is 2. The van der Waals surface area contributed by atoms with Gasteiger partial charge in [0.15, 0.2) is 5.78 Å². The van der Waals surface area contributed by atoms with Gasteiger partial charge < -0.3 is 15.5 Å². The molecule has 0 bridgehead atoms. The van der Waals surface area contributed by atoms with Gasteiger partial charge in [0, 0.05) is 41.5 Å². The van der Waals surface area contributed by atoms with Crippen LogP contribution in [0.15, 0.2) is 42.7 Å². The molecule has 3 N–H and O–H groups in total. The van der Waals surface area contributed by atoms with Crippen LogP contribution in [0.5, 0.6) is 11.5 Å². The first-order chi connectivity index (χ1) is 16.1. The first-order valence-electron chi connectivity index (χ1n) is 12.4. The Balaban J connectivity index is 1.88. The van der Waals surface area contributed by atoms with Crippen LogP contribution in [0.3, 0.4) is 0 Å². The monoisotopic (exact) mass is 466 g/mol. The van der Waals surface area contributed by atoms with E-state index in [1.807, 2.05) is 6.92 Å². The molecule has 1 heterocycles. The van der Waals surface area contributed by atoms with Gasteiger partial charge >= 0.3 is 0 Å². The number of nitrogens with one attached hydrogen (secondary N) is 1. The number of ketones is 1. The molecule has 4 atom stereocenters. The molecule has 1 aliphatic rings. The van der Waals surface area contributed by atoms with Crippen LogP contribution in [0.25, 0.3) is 0 Å². The van der Waals surface area contributed by atoms with Crippen molar-refractivity contribution >= 4 is 11.7 Å². The number of phenolic OH excluding ortho intramolecular Hbond substituents is 2. The topological polar surface area (TPSA) is 99.5 Å². The second-order valence-corrected chi connectivity index (χ2v) is 10.5. The van der Waals surface area contributed by atoms with Crippen molar-refractivity contribution < 1.29 is 19.8 Å². The summed E-state index contributed by atoms with van der Waals surface area (Å²) in [7, 11) is 0. The molecule has 184 valence electrons. The minimum Gasteiger partial charge on any atom is -0.508 e. The number of unbranched alkanes of at least 4 members (excludes halogenated alkanes) is 2. The third-order valence-electron chi connectivity index (χ3n) is 7.66. The maximum Gasteiger partial charge on any atom is 0.251 e. The molecule has 0 unspecified atom stereocenters. The molecule has 1 fully saturated rings. The summed E-state index contributed by atoms with van der Waals surface area (Å²) in [5.74, 6) is -0.695. The highest BCUT2D eigenvalue weighted by atomic mass is 16.3. The van der Waals surface area contributed by atoms with Crippen molar-refractivity contribution in [3.05, 3.63) is 53.9 Å². The summed E-state index contributed by atoms with van der Waals surface area (Å²) < 4.78 is 0. The van der Waals surface area contributed by atoms with Gasteiger partial charge in [0.05, 0.1) is 0 Å². The van der Waals surface area contributed by atoms with Crippen LogP contribution < -0.4 is 5.32 Å². The number of rotatable bonds is 9. The molecule has 6 heteroatoms. The Bertz CT molecular complexity index is 969. The molecule has 2 aromatic rings. The number of nitrogens with zero attached hydrogens (tertiary/aromatic N) is 1. The smallest absolute Gasteiger partial charge is 0.251 e. The quantitative estimate of drug-likeness (QED) is 0.323. The first kappa shape index (κ1) is 25.7. The number of carbonyl (C=O) groups excluding carboxylic acids is 2. The number of hydrogen-bond acceptors (Lipinski definition) is 5. The lowest BCUT2D eigenvalue weighted by molar-refractivity contribution is 0.0448. The fourth-order valence-corrected chi connectivity index (χ4v) is 5.33. The Morgan fingerprint density at radius 3 is 2.29 bits per heavy atom. The summed E-state index contributed by atoms with van der Waals surface area (Å²) in [5, 5.41) is 23.1. The maximum absolute atomic E-state index is 13.6. The highest BCUT2D eigenvalue weighted by molar-refractivity contribution is 5.99. The number of aromatic hydroxyl groups is 2. The van der Waals surface area contributed by atoms with E-state index in [1.54, 1.807) is 24.5 Å². The number of phenols is 2. The Hall–Kier alpha value is -2.89. The van der Waals surface area contributed by atoms with Crippen molar-refractivity contribution in [2.24, 2.45) is 23.2 Å². The van der Waals surface area contributed by atoms with E-state index in [-0.39, 0.29) is 52.4 Å². The van der Waals surface area contributed by atoms with Crippen molar-refractivity contribution in [1.82, 2.24) is 10.3 Å². The van der Waals surface area contributed by atoms with E-state index < -0.39 is 0 Å². The number of aromatic nitrogens is 1. The fourth-order valence-electron chi connectivity index (χ4n) is 5.33. The van der Waals surface area contributed by atoms with Gasteiger partial charge in [-0.1, -0.05) is 47.0 Å². The Morgan fingerprint density at radius 2 is 1.68 bits per heavy atom. The van der Waals surface area contributed by atoms with Crippen LogP contribution in [-0.4, -0.2) is 32.9 Å². The number of Topliss-reactive ketones (excluding diaryl/α,β-unsaturated/α-hetero) is 1. The number of benzene rings is 1. The van der Waals surface area contributed by atoms with Crippen molar-refractivity contribution in [1.29, 1.82) is 0 Å². The van der Waals surface area contributed by atoms with Crippen LogP contribution >= 0.6 is 0 Å². The van der Waals surface area contributed by atoms with E-state index in [1.165, 1.54) is 24.6 Å². The molecule has 1 aliphatic carbocycles. The lowest BCUT2D eigenvalue weighted by Gasteiger charge is -2.46. The standard InChI is InChI=1S/C28H38N2O4/c1-5-6-7-10-28(3,4)21-15-24(26(33)20-13-22(31)17-23(32)14-20)18(2)25(16-21)30-27(34)19-8-11-29-12-9-19/h8-9,11-14,17-18,21,24-25,31-32H,5-7,10,15-16H2,1-4H3,(H,30,34)/t18-,21-,24+,25+/m0/s1. The second-order valence-electron chi connectivity index (χ2n) is 10.5. The molecule has 6 nitrogen and oxygen atoms in total. The normalized spacial score (nSPS) is 22.8. The predicted molar refractivity (Wildman–Crippen MR) is 133 cm³/mol. The van der Waals surface area contributed by atoms with E-state index in [0.717, 1.165) is 32.1 Å². The summed E-state index contributed by atoms with van der Waals surface area (Å²) in [4.78, 5) is 30.6. The Morgan fingerprint density at radius 1 is 1.03 bits per heavy atom.